The fourth-order valence-electron chi connectivity index (χ4n) is 2.98. The van der Waals surface area contributed by atoms with E-state index in [4.69, 9.17) is 0 Å². The van der Waals surface area contributed by atoms with Gasteiger partial charge in [-0.15, -0.1) is 0 Å². The Kier molecular flexibility index (Phi) is 9.63. The summed E-state index contributed by atoms with van der Waals surface area (Å²) in [6, 6.07) is 4.73. The second-order valence-electron chi connectivity index (χ2n) is 12.8. The molecule has 1 aromatic heterocycles. The van der Waals surface area contributed by atoms with Crippen LogP contribution < -0.4 is 17.0 Å². The molecule has 178 valence electrons. The molecule has 1 aromatic rings. The normalized spacial score (nSPS) is 15.9. The van der Waals surface area contributed by atoms with Crippen molar-refractivity contribution in [2.24, 2.45) is 10.8 Å². The molecule has 2 rings (SSSR count). The molecule has 0 nitrogen and oxygen atoms in total. The molecule has 0 saturated heterocycles. The number of halogens is 1. The van der Waals surface area contributed by atoms with Gasteiger partial charge in [-0.3, -0.25) is 0 Å². The Labute approximate surface area is 219 Å². The molecule has 0 unspecified atom stereocenters. The Balaban J connectivity index is 0.00000512. The molecule has 0 fully saturated rings. The minimum absolute atomic E-state index is 0. The molecule has 0 amide bonds. The van der Waals surface area contributed by atoms with E-state index >= 15 is 0 Å². The van der Waals surface area contributed by atoms with Gasteiger partial charge in [-0.05, 0) is 0 Å². The van der Waals surface area contributed by atoms with Crippen LogP contribution in [0.25, 0.3) is 6.08 Å². The molecule has 1 aliphatic heterocycles. The summed E-state index contributed by atoms with van der Waals surface area (Å²) in [5.41, 5.74) is 3.38. The van der Waals surface area contributed by atoms with E-state index in [1.54, 1.807) is 8.94 Å². The van der Waals surface area contributed by atoms with Crippen LogP contribution in [-0.4, -0.2) is 15.0 Å². The minimum Gasteiger partial charge on any atom is -1.00 e. The number of hydrogen-bond acceptors (Lipinski definition) is 0. The largest absolute Gasteiger partial charge is 1.00 e. The van der Waals surface area contributed by atoms with Crippen LogP contribution in [-0.2, 0) is 10.8 Å². The summed E-state index contributed by atoms with van der Waals surface area (Å²) in [6.07, 6.45) is 11.7. The van der Waals surface area contributed by atoms with E-state index in [1.807, 2.05) is 11.3 Å². The predicted molar refractivity (Wildman–Crippen MR) is 144 cm³/mol. The van der Waals surface area contributed by atoms with Crippen molar-refractivity contribution in [1.82, 2.24) is 0 Å². The van der Waals surface area contributed by atoms with Crippen molar-refractivity contribution in [2.45, 2.75) is 93.9 Å². The molecule has 0 atom stereocenters. The van der Waals surface area contributed by atoms with E-state index < -0.39 is 0 Å². The monoisotopic (exact) mass is 582 g/mol. The van der Waals surface area contributed by atoms with E-state index in [0.717, 1.165) is 0 Å². The van der Waals surface area contributed by atoms with Crippen LogP contribution in [0.4, 0.5) is 0 Å². The molecule has 0 N–H and O–H groups in total. The van der Waals surface area contributed by atoms with Crippen LogP contribution in [0.5, 0.6) is 0 Å². The number of allylic oxidation sites excluding steroid dienone is 7. The third-order valence-corrected chi connectivity index (χ3v) is 11.1. The van der Waals surface area contributed by atoms with Gasteiger partial charge in [0.15, 0.2) is 0 Å². The summed E-state index contributed by atoms with van der Waals surface area (Å²) < 4.78 is 3.16. The van der Waals surface area contributed by atoms with Gasteiger partial charge in [0.1, 0.15) is 0 Å². The Morgan fingerprint density at radius 2 is 1.06 bits per heavy atom. The molecule has 1 aliphatic rings. The van der Waals surface area contributed by atoms with Gasteiger partial charge in [-0.25, -0.2) is 0 Å². The van der Waals surface area contributed by atoms with Crippen molar-refractivity contribution in [2.75, 3.05) is 0 Å². The van der Waals surface area contributed by atoms with Gasteiger partial charge in [0.05, 0.1) is 0 Å². The van der Waals surface area contributed by atoms with Crippen molar-refractivity contribution in [3.8, 4) is 0 Å². The first-order valence-electron chi connectivity index (χ1n) is 11.4. The molecule has 32 heavy (non-hydrogen) atoms. The zero-order valence-corrected chi connectivity index (χ0v) is 26.4. The van der Waals surface area contributed by atoms with Crippen molar-refractivity contribution < 1.29 is 17.0 Å². The van der Waals surface area contributed by atoms with Crippen LogP contribution in [0.15, 0.2) is 51.0 Å². The van der Waals surface area contributed by atoms with Gasteiger partial charge in [0.25, 0.3) is 0 Å². The van der Waals surface area contributed by atoms with Gasteiger partial charge in [-0.2, -0.15) is 0 Å². The number of hydrogen-bond donors (Lipinski definition) is 0. The Morgan fingerprint density at radius 1 is 0.656 bits per heavy atom. The summed E-state index contributed by atoms with van der Waals surface area (Å²) in [7, 11) is 0. The van der Waals surface area contributed by atoms with Crippen molar-refractivity contribution in [3.63, 3.8) is 0 Å². The van der Waals surface area contributed by atoms with Crippen molar-refractivity contribution in [1.29, 1.82) is 0 Å². The summed E-state index contributed by atoms with van der Waals surface area (Å²) in [6.45, 7) is 27.9. The van der Waals surface area contributed by atoms with Gasteiger partial charge < -0.3 is 17.0 Å². The molecule has 0 aliphatic carbocycles. The maximum atomic E-state index is 2.42. The van der Waals surface area contributed by atoms with Crippen molar-refractivity contribution >= 4 is 32.4 Å². The molecular formula is C29H43BrSSe. The zero-order chi connectivity index (χ0) is 23.8. The minimum atomic E-state index is 0. The smallest absolute Gasteiger partial charge is 1.00 e. The third kappa shape index (κ3) is 8.39. The Hall–Kier alpha value is -0.471. The van der Waals surface area contributed by atoms with Gasteiger partial charge in [0.2, 0.25) is 0 Å². The number of rotatable bonds is 2. The second-order valence-corrected chi connectivity index (χ2v) is 16.1. The molecule has 0 spiro atoms. The quantitative estimate of drug-likeness (QED) is 0.290. The molecule has 2 heterocycles. The molecule has 0 radical (unpaired) electrons. The first kappa shape index (κ1) is 29.6. The SMILES string of the molecule is CC(C)(C)C1=CC(=C/C=C/c2cc(C(C)(C)C)[s+]c(C(C)(C)C)c2)C=C(C(C)(C)C)[Se]1.[Br-]. The third-order valence-electron chi connectivity index (χ3n) is 5.17. The Bertz CT molecular complexity index is 869. The predicted octanol–water partition coefficient (Wildman–Crippen LogP) is 6.15. The fourth-order valence-corrected chi connectivity index (χ4v) is 6.82. The summed E-state index contributed by atoms with van der Waals surface area (Å²) in [4.78, 5) is 2.88. The van der Waals surface area contributed by atoms with Crippen LogP contribution in [0.2, 0.25) is 0 Å². The van der Waals surface area contributed by atoms with Gasteiger partial charge in [0, 0.05) is 0 Å². The molecule has 0 saturated carbocycles. The van der Waals surface area contributed by atoms with E-state index in [1.165, 1.54) is 20.9 Å². The van der Waals surface area contributed by atoms with E-state index in [0.29, 0.717) is 15.0 Å². The van der Waals surface area contributed by atoms with Crippen LogP contribution in [0.1, 0.15) is 98.4 Å². The van der Waals surface area contributed by atoms with Crippen molar-refractivity contribution in [3.05, 3.63) is 66.3 Å². The summed E-state index contributed by atoms with van der Waals surface area (Å²) in [5.74, 6) is 0. The molecule has 0 bridgehead atoms. The first-order chi connectivity index (χ1) is 13.9. The van der Waals surface area contributed by atoms with E-state index in [2.05, 4.69) is 126 Å². The second kappa shape index (κ2) is 10.4. The maximum absolute atomic E-state index is 2.42. The zero-order valence-electron chi connectivity index (χ0n) is 22.2. The molecule has 3 heteroatoms. The van der Waals surface area contributed by atoms with Gasteiger partial charge >= 0.3 is 203 Å². The van der Waals surface area contributed by atoms with Crippen LogP contribution in [0, 0.1) is 10.8 Å². The molecular weight excluding hydrogens is 539 g/mol. The summed E-state index contributed by atoms with van der Waals surface area (Å²) >= 11 is 2.38. The average molecular weight is 583 g/mol. The maximum Gasteiger partial charge on any atom is -1.00 e. The molecule has 0 aromatic carbocycles. The van der Waals surface area contributed by atoms with E-state index in [9.17, 15) is 0 Å². The topological polar surface area (TPSA) is 0 Å². The Morgan fingerprint density at radius 3 is 1.41 bits per heavy atom. The van der Waals surface area contributed by atoms with Gasteiger partial charge in [-0.1, -0.05) is 0 Å². The van der Waals surface area contributed by atoms with Crippen LogP contribution >= 0.6 is 11.3 Å². The van der Waals surface area contributed by atoms with Crippen LogP contribution in [0.3, 0.4) is 0 Å². The summed E-state index contributed by atoms with van der Waals surface area (Å²) in [5, 5.41) is 0. The average Bonchev–Trinajstić information content (AvgIpc) is 2.58. The van der Waals surface area contributed by atoms with E-state index in [-0.39, 0.29) is 38.6 Å². The fraction of sp³-hybridized carbons (Fsp3) is 0.552. The first-order valence-corrected chi connectivity index (χ1v) is 13.9. The standard InChI is InChI=1S/C29H43SSe.BrH/c1-26(2,3)22-16-20(17-23(30-22)27(4,5)6)14-13-15-21-18-24(28(7,8)9)31-25(19-21)29(10,11)12;/h13-19H,1-12H3;1H/q+1;/p-1/b14-13+;.